The first kappa shape index (κ1) is 19.4. The van der Waals surface area contributed by atoms with Gasteiger partial charge in [-0.05, 0) is 37.5 Å². The maximum absolute atomic E-state index is 12.5. The molecule has 2 aromatic rings. The Morgan fingerprint density at radius 1 is 1.33 bits per heavy atom. The summed E-state index contributed by atoms with van der Waals surface area (Å²) >= 11 is 6.61. The van der Waals surface area contributed by atoms with Gasteiger partial charge in [0.25, 0.3) is 5.91 Å². The number of hydrogen-bond donors (Lipinski definition) is 1. The number of amides is 1. The summed E-state index contributed by atoms with van der Waals surface area (Å²) in [4.78, 5) is 28.2. The monoisotopic (exact) mass is 404 g/mol. The highest BCUT2D eigenvalue weighted by Crippen LogP contribution is 2.32. The van der Waals surface area contributed by atoms with Gasteiger partial charge in [0.2, 0.25) is 5.88 Å². The molecule has 2 heterocycles. The summed E-state index contributed by atoms with van der Waals surface area (Å²) in [5, 5.41) is 12.1. The molecule has 1 aliphatic heterocycles. The van der Waals surface area contributed by atoms with Crippen LogP contribution in [0.25, 0.3) is 5.57 Å². The standard InChI is InChI=1S/C19H20N2O4S2/c1-11-7-6-8-12-14(17(23)20-15(11)12)16-18(24)21(19(26)27-16)10-5-3-4-9-13(22)25-2/h6-8,24H,3-5,9-10H2,1-2H3. The minimum Gasteiger partial charge on any atom is -0.493 e. The van der Waals surface area contributed by atoms with Crippen molar-refractivity contribution in [3.63, 3.8) is 0 Å². The van der Waals surface area contributed by atoms with Gasteiger partial charge in [0, 0.05) is 18.2 Å². The predicted octanol–water partition coefficient (Wildman–Crippen LogP) is 2.39. The first-order chi connectivity index (χ1) is 12.9. The van der Waals surface area contributed by atoms with Crippen LogP contribution >= 0.6 is 23.6 Å². The minimum atomic E-state index is -0.351. The third kappa shape index (κ3) is 3.86. The number of unbranched alkanes of at least 4 members (excludes halogenated alkanes) is 2. The van der Waals surface area contributed by atoms with Gasteiger partial charge in [0.1, 0.15) is 4.88 Å². The molecule has 0 saturated carbocycles. The van der Waals surface area contributed by atoms with Crippen molar-refractivity contribution in [1.82, 2.24) is 4.57 Å². The normalized spacial score (nSPS) is 12.8. The molecule has 0 radical (unpaired) electrons. The van der Waals surface area contributed by atoms with Gasteiger partial charge in [-0.2, -0.15) is 0 Å². The van der Waals surface area contributed by atoms with Crippen LogP contribution in [0.5, 0.6) is 5.88 Å². The van der Waals surface area contributed by atoms with E-state index in [1.165, 1.54) is 18.4 Å². The summed E-state index contributed by atoms with van der Waals surface area (Å²) in [5.41, 5.74) is 1.33. The Kier molecular flexibility index (Phi) is 5.86. The highest BCUT2D eigenvalue weighted by Gasteiger charge is 2.25. The zero-order chi connectivity index (χ0) is 19.6. The lowest BCUT2D eigenvalue weighted by molar-refractivity contribution is -0.140. The number of benzene rings is 1. The fourth-order valence-electron chi connectivity index (χ4n) is 3.08. The van der Waals surface area contributed by atoms with E-state index in [0.717, 1.165) is 30.0 Å². The van der Waals surface area contributed by atoms with Crippen molar-refractivity contribution in [2.45, 2.75) is 39.2 Å². The van der Waals surface area contributed by atoms with Crippen molar-refractivity contribution in [3.05, 3.63) is 43.2 Å². The molecule has 0 saturated heterocycles. The summed E-state index contributed by atoms with van der Waals surface area (Å²) in [6.07, 6.45) is 2.68. The molecule has 1 aromatic heterocycles. The Morgan fingerprint density at radius 3 is 2.85 bits per heavy atom. The van der Waals surface area contributed by atoms with Gasteiger partial charge in [-0.25, -0.2) is 4.99 Å². The first-order valence-corrected chi connectivity index (χ1v) is 9.89. The summed E-state index contributed by atoms with van der Waals surface area (Å²) in [7, 11) is 1.38. The average Bonchev–Trinajstić information content (AvgIpc) is 3.12. The molecular weight excluding hydrogens is 384 g/mol. The number of carbonyl (C=O) groups is 2. The molecule has 142 valence electrons. The number of hydrogen-bond acceptors (Lipinski definition) is 6. The Labute approximate surface area is 165 Å². The number of aromatic hydroxyl groups is 1. The van der Waals surface area contributed by atoms with E-state index in [4.69, 9.17) is 12.2 Å². The van der Waals surface area contributed by atoms with Gasteiger partial charge in [0.15, 0.2) is 3.95 Å². The van der Waals surface area contributed by atoms with Crippen molar-refractivity contribution in [1.29, 1.82) is 0 Å². The zero-order valence-electron chi connectivity index (χ0n) is 15.2. The van der Waals surface area contributed by atoms with Crippen LogP contribution < -0.4 is 10.6 Å². The Balaban J connectivity index is 1.84. The van der Waals surface area contributed by atoms with Crippen molar-refractivity contribution >= 4 is 41.0 Å². The Bertz CT molecular complexity index is 1080. The second kappa shape index (κ2) is 8.14. The number of aromatic nitrogens is 1. The molecule has 0 unspecified atom stereocenters. The van der Waals surface area contributed by atoms with Crippen LogP contribution in [0.15, 0.2) is 23.2 Å². The minimum absolute atomic E-state index is 0.00544. The number of esters is 1. The second-order valence-electron chi connectivity index (χ2n) is 6.32. The lowest BCUT2D eigenvalue weighted by Crippen LogP contribution is -2.25. The maximum atomic E-state index is 12.5. The number of ether oxygens (including phenoxy) is 1. The summed E-state index contributed by atoms with van der Waals surface area (Å²) < 4.78 is 6.77. The molecule has 27 heavy (non-hydrogen) atoms. The third-order valence-electron chi connectivity index (χ3n) is 4.52. The molecule has 1 aliphatic rings. The van der Waals surface area contributed by atoms with E-state index in [0.29, 0.717) is 32.7 Å². The van der Waals surface area contributed by atoms with Gasteiger partial charge in [-0.1, -0.05) is 24.6 Å². The largest absolute Gasteiger partial charge is 0.493 e. The van der Waals surface area contributed by atoms with E-state index in [1.807, 2.05) is 25.1 Å². The molecule has 1 amide bonds. The van der Waals surface area contributed by atoms with Crippen LogP contribution in [0.4, 0.5) is 0 Å². The van der Waals surface area contributed by atoms with E-state index >= 15 is 0 Å². The number of nitrogens with zero attached hydrogens (tertiary/aromatic N) is 2. The Morgan fingerprint density at radius 2 is 2.11 bits per heavy atom. The van der Waals surface area contributed by atoms with Gasteiger partial charge in [0.05, 0.1) is 18.0 Å². The molecule has 0 atom stereocenters. The first-order valence-electron chi connectivity index (χ1n) is 8.66. The van der Waals surface area contributed by atoms with Crippen LogP contribution in [0.2, 0.25) is 0 Å². The highest BCUT2D eigenvalue weighted by molar-refractivity contribution is 7.73. The summed E-state index contributed by atoms with van der Waals surface area (Å²) in [5.74, 6) is -0.567. The lowest BCUT2D eigenvalue weighted by atomic mass is 10.1. The fourth-order valence-corrected chi connectivity index (χ4v) is 4.47. The van der Waals surface area contributed by atoms with Gasteiger partial charge < -0.3 is 9.84 Å². The van der Waals surface area contributed by atoms with Gasteiger partial charge in [-0.3, -0.25) is 14.2 Å². The average molecular weight is 405 g/mol. The van der Waals surface area contributed by atoms with Crippen LogP contribution in [0.1, 0.15) is 36.1 Å². The molecule has 6 nitrogen and oxygen atoms in total. The summed E-state index contributed by atoms with van der Waals surface area (Å²) in [6, 6.07) is 5.61. The van der Waals surface area contributed by atoms with Crippen molar-refractivity contribution in [2.75, 3.05) is 7.11 Å². The summed E-state index contributed by atoms with van der Waals surface area (Å²) in [6.45, 7) is 2.43. The zero-order valence-corrected chi connectivity index (χ0v) is 16.8. The molecule has 0 bridgehead atoms. The van der Waals surface area contributed by atoms with E-state index in [-0.39, 0.29) is 17.8 Å². The second-order valence-corrected chi connectivity index (χ2v) is 7.97. The van der Waals surface area contributed by atoms with Crippen molar-refractivity contribution in [2.24, 2.45) is 4.99 Å². The van der Waals surface area contributed by atoms with Crippen LogP contribution in [-0.2, 0) is 20.9 Å². The van der Waals surface area contributed by atoms with E-state index in [2.05, 4.69) is 9.73 Å². The topological polar surface area (TPSA) is 80.9 Å². The molecule has 0 spiro atoms. The molecule has 0 fully saturated rings. The quantitative estimate of drug-likeness (QED) is 0.435. The molecule has 8 heteroatoms. The smallest absolute Gasteiger partial charge is 0.305 e. The predicted molar refractivity (Wildman–Crippen MR) is 105 cm³/mol. The molecule has 1 aromatic carbocycles. The van der Waals surface area contributed by atoms with Crippen LogP contribution in [-0.4, -0.2) is 28.7 Å². The third-order valence-corrected chi connectivity index (χ3v) is 5.98. The van der Waals surface area contributed by atoms with Crippen LogP contribution in [0, 0.1) is 10.9 Å². The molecule has 1 N–H and O–H groups in total. The SMILES string of the molecule is COC(=O)CCCCCn1c(O)c(C2=c3cccc(C)c3=NC2=O)sc1=S. The molecular formula is C19H20N2O4S2. The van der Waals surface area contributed by atoms with Crippen molar-refractivity contribution in [3.8, 4) is 5.88 Å². The number of rotatable bonds is 7. The van der Waals surface area contributed by atoms with Crippen LogP contribution in [0.3, 0.4) is 0 Å². The van der Waals surface area contributed by atoms with Gasteiger partial charge >= 0.3 is 5.97 Å². The number of carbonyl (C=O) groups excluding carboxylic acids is 2. The van der Waals surface area contributed by atoms with E-state index < -0.39 is 0 Å². The van der Waals surface area contributed by atoms with Crippen molar-refractivity contribution < 1.29 is 19.4 Å². The fraction of sp³-hybridized carbons (Fsp3) is 0.368. The maximum Gasteiger partial charge on any atom is 0.305 e. The van der Waals surface area contributed by atoms with E-state index in [9.17, 15) is 14.7 Å². The number of para-hydroxylation sites is 1. The Hall–Kier alpha value is -2.32. The number of methoxy groups -OCH3 is 1. The number of aryl methyl sites for hydroxylation is 1. The molecule has 3 rings (SSSR count). The molecule has 0 aliphatic carbocycles. The number of fused-ring (bicyclic) bond motifs is 1. The number of thiazole rings is 1. The lowest BCUT2D eigenvalue weighted by Gasteiger charge is -2.05. The van der Waals surface area contributed by atoms with Gasteiger partial charge in [-0.15, -0.1) is 11.3 Å². The highest BCUT2D eigenvalue weighted by atomic mass is 32.1. The van der Waals surface area contributed by atoms with E-state index in [1.54, 1.807) is 4.57 Å².